The van der Waals surface area contributed by atoms with Crippen molar-refractivity contribution in [2.24, 2.45) is 53.3 Å². The minimum Gasteiger partial charge on any atom is -0.481 e. The number of carbonyl (C=O) groups is 13. The Kier molecular flexibility index (Phi) is 54.3. The number of sulfonamides is 1. The summed E-state index contributed by atoms with van der Waals surface area (Å²) in [5.74, 6) is -9.19. The molecule has 0 fully saturated rings. The van der Waals surface area contributed by atoms with Crippen molar-refractivity contribution in [3.63, 3.8) is 0 Å². The molecule has 0 saturated carbocycles. The monoisotopic (exact) mass is 2000 g/mol. The molecule has 0 spiro atoms. The minimum atomic E-state index is -4.25. The molecule has 0 aromatic heterocycles. The van der Waals surface area contributed by atoms with E-state index in [2.05, 4.69) is 37.2 Å². The molecule has 1 aliphatic heterocycles. The van der Waals surface area contributed by atoms with Gasteiger partial charge in [-0.05, 0) is 183 Å². The molecule has 6 aromatic carbocycles. The van der Waals surface area contributed by atoms with Crippen molar-refractivity contribution in [1.29, 1.82) is 5.26 Å². The number of nitriles is 1. The number of nitrogens with zero attached hydrogens (tertiary/aromatic N) is 2. The Bertz CT molecular complexity index is 5550. The van der Waals surface area contributed by atoms with E-state index in [0.29, 0.717) is 30.0 Å². The number of carboxylic acid groups (broad SMARTS) is 1. The van der Waals surface area contributed by atoms with Gasteiger partial charge in [-0.15, -0.1) is 0 Å². The molecule has 0 bridgehead atoms. The number of esters is 1. The standard InChI is InChI=1S/C43H59N5O8S.C36H48N2O6.C36H46N2O5/c1-30(2)26-36(43(54)48(24-22-44)57(55,56)25-11-16-40(51)45-6)29-37(49)21-23-46-42(53)38(28-35-20-17-31(3)33(5)27-35)47-41(52)15-10-14-39(50)32(4)18-19-34-12-8-7-9-13-34;1-24(2)20-30(36(43)44)23-31(39)18-19-37-35(42)32(22-29-17-14-25(3)27(5)21-29)38-34(41)13-9-12-33(40)26(4)15-16-28-10-7-6-8-11-28;1-24(2)20-30-23-31(39)18-19-37-35(41)32(22-29-17-14-25(3)27(5)21-29)38-34(40)13-9-12-33(43-36(30)42)26(4)15-16-28-10-7-6-8-11-28/h7-10,12-13,15,17-20,27,30,32,36,38-39,50H,11,14,16,21,23-26,28-29H2,1-6H3,(H,45,51)(H,46,53)(H,47,52);6-11,13-17,21,24,26,30,32-33,40H,12,18-20,22-23H2,1-5H3,(H,37,42)(H,38,41)(H,43,44);6-11,13-17,21,24,26,30,32-33H,12,18-20,22-23H2,1-5H3,(H,37,41)(H,38,40)/b15-10+,19-18+;2*13-9+,16-15+/t32-,36-,38-,39+;2*26-,30-,32-,33+/m111/s1. The molecule has 7 rings (SSSR count). The van der Waals surface area contributed by atoms with E-state index in [9.17, 15) is 91.3 Å². The van der Waals surface area contributed by atoms with E-state index < -0.39 is 130 Å². The van der Waals surface area contributed by atoms with Crippen molar-refractivity contribution >= 4 is 105 Å². The fourth-order valence-electron chi connectivity index (χ4n) is 15.9. The van der Waals surface area contributed by atoms with Gasteiger partial charge in [0.2, 0.25) is 57.3 Å². The second-order valence-electron chi connectivity index (χ2n) is 38.7. The number of ether oxygens (including phenoxy) is 1. The van der Waals surface area contributed by atoms with Crippen molar-refractivity contribution in [2.45, 2.75) is 249 Å². The van der Waals surface area contributed by atoms with Gasteiger partial charge in [0.15, 0.2) is 0 Å². The van der Waals surface area contributed by atoms with Gasteiger partial charge >= 0.3 is 11.9 Å². The maximum atomic E-state index is 13.6. The number of amides is 8. The molecule has 778 valence electrons. The van der Waals surface area contributed by atoms with E-state index in [1.165, 1.54) is 25.3 Å². The van der Waals surface area contributed by atoms with Gasteiger partial charge in [0.25, 0.3) is 0 Å². The zero-order chi connectivity index (χ0) is 107. The van der Waals surface area contributed by atoms with E-state index in [-0.39, 0.29) is 162 Å². The van der Waals surface area contributed by atoms with Crippen LogP contribution in [-0.2, 0) is 96.4 Å². The fraction of sp³-hybridized carbons (Fsp3) is 0.461. The third-order valence-electron chi connectivity index (χ3n) is 24.8. The van der Waals surface area contributed by atoms with Gasteiger partial charge in [0, 0.05) is 121 Å². The topological polar surface area (TPSA) is 437 Å². The van der Waals surface area contributed by atoms with Gasteiger partial charge in [-0.25, -0.2) is 12.7 Å². The summed E-state index contributed by atoms with van der Waals surface area (Å²) in [6.07, 6.45) is 20.7. The van der Waals surface area contributed by atoms with Crippen LogP contribution in [0.2, 0.25) is 0 Å². The van der Waals surface area contributed by atoms with Crippen LogP contribution in [0.1, 0.15) is 219 Å². The van der Waals surface area contributed by atoms with Crippen LogP contribution in [0.25, 0.3) is 18.2 Å². The summed E-state index contributed by atoms with van der Waals surface area (Å²) in [5, 5.41) is 58.9. The Morgan fingerprint density at radius 2 is 1.01 bits per heavy atom. The lowest BCUT2D eigenvalue weighted by molar-refractivity contribution is -0.157. The lowest BCUT2D eigenvalue weighted by atomic mass is 9.91. The number of hydrogen-bond donors (Lipinski definition) is 10. The van der Waals surface area contributed by atoms with Crippen LogP contribution in [0.5, 0.6) is 0 Å². The van der Waals surface area contributed by atoms with Gasteiger partial charge in [-0.2, -0.15) is 5.26 Å². The highest BCUT2D eigenvalue weighted by molar-refractivity contribution is 7.89. The second kappa shape index (κ2) is 64.5. The fourth-order valence-corrected chi connectivity index (χ4v) is 17.3. The van der Waals surface area contributed by atoms with Gasteiger partial charge in [-0.3, -0.25) is 62.3 Å². The number of cyclic esters (lactones) is 1. The number of aliphatic carboxylic acids is 1. The molecule has 8 amide bonds. The number of rotatable bonds is 49. The van der Waals surface area contributed by atoms with Crippen LogP contribution < -0.4 is 37.2 Å². The van der Waals surface area contributed by atoms with E-state index in [0.717, 1.165) is 66.8 Å². The highest BCUT2D eigenvalue weighted by Gasteiger charge is 2.36. The number of hydrogen-bond acceptors (Lipinski definition) is 19. The molecule has 0 unspecified atom stereocenters. The molecule has 0 saturated heterocycles. The van der Waals surface area contributed by atoms with Crippen molar-refractivity contribution in [3.8, 4) is 6.07 Å². The SMILES string of the molecule is CNC(=O)CCCS(=O)(=O)N(CC#N)C(=O)[C@@H](CC(=O)CCNC(=O)[C@@H](Cc1ccc(C)c(C)c1)NC(=O)/C=C/C[C@H](O)[C@H](C)/C=C/c1ccccc1)CC(C)C.Cc1ccc(C[C@@H](NC(=O)/C=C/C[C@H](O)[C@H](C)/C=C/c2ccccc2)C(=O)NCCC(=O)C[C@@H](CC(C)C)C(=O)O)cc1C.Cc1ccc(C[C@H]2NC(=O)/C=C/C[C@@H]([C@H](C)/C=C/c3ccccc3)OC(=O)[C@H](CC(C)C)CC(=O)CCNC2=O)cc1C. The van der Waals surface area contributed by atoms with Crippen LogP contribution in [-0.4, -0.2) is 180 Å². The first kappa shape index (κ1) is 121. The Morgan fingerprint density at radius 3 is 1.45 bits per heavy atom. The molecule has 29 heteroatoms. The molecule has 1 aliphatic rings. The largest absolute Gasteiger partial charge is 0.481 e. The number of aliphatic hydroxyl groups excluding tert-OH is 2. The number of aliphatic hydroxyl groups is 2. The first-order valence-electron chi connectivity index (χ1n) is 49.9. The van der Waals surface area contributed by atoms with Crippen LogP contribution >= 0.6 is 0 Å². The first-order valence-corrected chi connectivity index (χ1v) is 51.5. The summed E-state index contributed by atoms with van der Waals surface area (Å²) in [7, 11) is -2.83. The van der Waals surface area contributed by atoms with Crippen molar-refractivity contribution < 1.29 is 90.8 Å². The van der Waals surface area contributed by atoms with E-state index >= 15 is 0 Å². The van der Waals surface area contributed by atoms with Crippen LogP contribution in [0.4, 0.5) is 0 Å². The summed E-state index contributed by atoms with van der Waals surface area (Å²) in [5.41, 5.74) is 12.2. The number of aryl methyl sites for hydroxylation is 6. The van der Waals surface area contributed by atoms with Crippen LogP contribution in [0.3, 0.4) is 0 Å². The summed E-state index contributed by atoms with van der Waals surface area (Å²) in [4.78, 5) is 167. The van der Waals surface area contributed by atoms with E-state index in [4.69, 9.17) is 4.74 Å². The van der Waals surface area contributed by atoms with Gasteiger partial charge < -0.3 is 57.3 Å². The Morgan fingerprint density at radius 1 is 0.569 bits per heavy atom. The normalized spacial score (nSPS) is 16.6. The molecule has 0 aliphatic carbocycles. The number of ketones is 3. The van der Waals surface area contributed by atoms with E-state index in [1.54, 1.807) is 24.3 Å². The zero-order valence-corrected chi connectivity index (χ0v) is 87.5. The van der Waals surface area contributed by atoms with Crippen molar-refractivity contribution in [3.05, 3.63) is 267 Å². The first-order chi connectivity index (χ1) is 68.3. The zero-order valence-electron chi connectivity index (χ0n) is 86.7. The highest BCUT2D eigenvalue weighted by Crippen LogP contribution is 2.28. The average molecular weight is 2000 g/mol. The Hall–Kier alpha value is -13.2. The minimum absolute atomic E-state index is 0.00656. The summed E-state index contributed by atoms with van der Waals surface area (Å²) in [6, 6.07) is 45.9. The molecule has 28 nitrogen and oxygen atoms in total. The second-order valence-corrected chi connectivity index (χ2v) is 40.7. The number of nitrogens with one attached hydrogen (secondary N) is 7. The van der Waals surface area contributed by atoms with Gasteiger partial charge in [0.05, 0.1) is 35.9 Å². The molecular weight excluding hydrogens is 1840 g/mol. The lowest BCUT2D eigenvalue weighted by Gasteiger charge is -2.26. The van der Waals surface area contributed by atoms with Gasteiger partial charge in [0.1, 0.15) is 48.1 Å². The quantitative estimate of drug-likeness (QED) is 0.00963. The maximum Gasteiger partial charge on any atom is 0.309 e. The molecule has 6 aromatic rings. The highest BCUT2D eigenvalue weighted by atomic mass is 32.2. The predicted octanol–water partition coefficient (Wildman–Crippen LogP) is 15.2. The molecule has 1 heterocycles. The lowest BCUT2D eigenvalue weighted by Crippen LogP contribution is -2.48. The van der Waals surface area contributed by atoms with Crippen molar-refractivity contribution in [2.75, 3.05) is 39.0 Å². The van der Waals surface area contributed by atoms with Crippen LogP contribution in [0.15, 0.2) is 200 Å². The maximum absolute atomic E-state index is 13.6. The summed E-state index contributed by atoms with van der Waals surface area (Å²) >= 11 is 0. The number of benzene rings is 6. The molecule has 10 N–H and O–H groups in total. The summed E-state index contributed by atoms with van der Waals surface area (Å²) in [6.45, 7) is 28.5. The Balaban J connectivity index is 0.000000385. The molecule has 12 atom stereocenters. The molecule has 144 heavy (non-hydrogen) atoms. The average Bonchev–Trinajstić information content (AvgIpc) is 0.821. The number of carboxylic acids is 1. The Labute approximate surface area is 852 Å². The molecule has 0 radical (unpaired) electrons. The third kappa shape index (κ3) is 47.4. The number of Topliss-reactive ketones (excluding diaryl/α,β-unsaturated/α-hetero) is 3. The van der Waals surface area contributed by atoms with Crippen LogP contribution in [0, 0.1) is 106 Å². The molecular formula is C115H153N9O19S. The predicted molar refractivity (Wildman–Crippen MR) is 564 cm³/mol. The smallest absolute Gasteiger partial charge is 0.309 e. The summed E-state index contributed by atoms with van der Waals surface area (Å²) < 4.78 is 32.7. The van der Waals surface area contributed by atoms with Gasteiger partial charge in [-0.1, -0.05) is 263 Å². The van der Waals surface area contributed by atoms with E-state index in [1.807, 2.05) is 286 Å². The van der Waals surface area contributed by atoms with Crippen molar-refractivity contribution in [1.82, 2.24) is 41.5 Å². The number of carbonyl (C=O) groups excluding carboxylic acids is 12. The third-order valence-corrected chi connectivity index (χ3v) is 26.6.